The number of piperidine rings is 1. The van der Waals surface area contributed by atoms with Crippen molar-refractivity contribution in [2.24, 2.45) is 5.92 Å². The molecule has 36 heavy (non-hydrogen) atoms. The maximum atomic E-state index is 13.3. The molecule has 0 saturated carbocycles. The molecule has 11 heteroatoms. The smallest absolute Gasteiger partial charge is 0.416 e. The Bertz CT molecular complexity index is 1350. The molecular formula is C25H24Cl2F3N3O3. The maximum absolute atomic E-state index is 13.3. The third kappa shape index (κ3) is 5.18. The van der Waals surface area contributed by atoms with E-state index < -0.39 is 17.7 Å². The summed E-state index contributed by atoms with van der Waals surface area (Å²) in [5.74, 6) is -1.10. The van der Waals surface area contributed by atoms with E-state index in [9.17, 15) is 22.8 Å². The third-order valence-electron chi connectivity index (χ3n) is 6.71. The Balaban J connectivity index is 1.62. The zero-order valence-electron chi connectivity index (χ0n) is 19.6. The quantitative estimate of drug-likeness (QED) is 0.408. The number of likely N-dealkylation sites (tertiary alicyclic amines) is 1. The average molecular weight is 542 g/mol. The minimum absolute atomic E-state index is 0.0287. The summed E-state index contributed by atoms with van der Waals surface area (Å²) >= 11 is 13.1. The van der Waals surface area contributed by atoms with Gasteiger partial charge >= 0.3 is 12.1 Å². The van der Waals surface area contributed by atoms with Crippen LogP contribution in [-0.4, -0.2) is 44.8 Å². The van der Waals surface area contributed by atoms with E-state index >= 15 is 0 Å². The van der Waals surface area contributed by atoms with Gasteiger partial charge in [-0.05, 0) is 62.4 Å². The van der Waals surface area contributed by atoms with E-state index in [2.05, 4.69) is 5.10 Å². The average Bonchev–Trinajstić information content (AvgIpc) is 3.12. The van der Waals surface area contributed by atoms with Gasteiger partial charge in [-0.1, -0.05) is 23.2 Å². The second kappa shape index (κ2) is 9.94. The monoisotopic (exact) mass is 541 g/mol. The molecule has 0 bridgehead atoms. The van der Waals surface area contributed by atoms with Crippen LogP contribution in [0.5, 0.6) is 0 Å². The van der Waals surface area contributed by atoms with Gasteiger partial charge in [0.05, 0.1) is 28.2 Å². The van der Waals surface area contributed by atoms with Gasteiger partial charge in [-0.15, -0.1) is 0 Å². The van der Waals surface area contributed by atoms with Gasteiger partial charge in [-0.3, -0.25) is 14.3 Å². The number of nitrogens with zero attached hydrogens (tertiary/aromatic N) is 3. The van der Waals surface area contributed by atoms with Crippen molar-refractivity contribution in [3.05, 3.63) is 62.3 Å². The molecule has 0 unspecified atom stereocenters. The lowest BCUT2D eigenvalue weighted by atomic mass is 9.93. The Morgan fingerprint density at radius 2 is 1.81 bits per heavy atom. The van der Waals surface area contributed by atoms with Crippen molar-refractivity contribution >= 4 is 46.0 Å². The molecule has 0 spiro atoms. The fraction of sp³-hybridized carbons (Fsp3) is 0.400. The number of carboxylic acid groups (broad SMARTS) is 1. The van der Waals surface area contributed by atoms with E-state index in [1.807, 2.05) is 0 Å². The fourth-order valence-electron chi connectivity index (χ4n) is 4.66. The van der Waals surface area contributed by atoms with Gasteiger partial charge in [0.1, 0.15) is 0 Å². The van der Waals surface area contributed by atoms with E-state index in [1.54, 1.807) is 30.9 Å². The highest BCUT2D eigenvalue weighted by Gasteiger charge is 2.32. The molecule has 1 aliphatic rings. The Labute approximate surface area is 215 Å². The Hall–Kier alpha value is -2.78. The summed E-state index contributed by atoms with van der Waals surface area (Å²) in [7, 11) is 0. The first-order chi connectivity index (χ1) is 16.9. The van der Waals surface area contributed by atoms with Crippen molar-refractivity contribution < 1.29 is 27.9 Å². The molecule has 1 saturated heterocycles. The molecule has 1 aliphatic heterocycles. The van der Waals surface area contributed by atoms with Crippen molar-refractivity contribution in [3.8, 4) is 0 Å². The van der Waals surface area contributed by atoms with Crippen molar-refractivity contribution in [1.82, 2.24) is 14.7 Å². The number of hydrogen-bond acceptors (Lipinski definition) is 3. The lowest BCUT2D eigenvalue weighted by Crippen LogP contribution is -2.39. The lowest BCUT2D eigenvalue weighted by Gasteiger charge is -2.31. The molecule has 1 fully saturated rings. The molecule has 3 aromatic rings. The Kier molecular flexibility index (Phi) is 7.26. The number of carbonyl (C=O) groups is 2. The maximum Gasteiger partial charge on any atom is 0.416 e. The lowest BCUT2D eigenvalue weighted by molar-refractivity contribution is -0.139. The third-order valence-corrected chi connectivity index (χ3v) is 7.50. The normalized spacial score (nSPS) is 15.0. The number of amides is 1. The van der Waals surface area contributed by atoms with E-state index in [0.29, 0.717) is 58.7 Å². The number of aromatic nitrogens is 2. The van der Waals surface area contributed by atoms with Gasteiger partial charge in [-0.25, -0.2) is 0 Å². The minimum atomic E-state index is -4.48. The number of halogens is 5. The van der Waals surface area contributed by atoms with Crippen LogP contribution in [0.2, 0.25) is 10.0 Å². The number of carbonyl (C=O) groups excluding carboxylic acids is 1. The molecule has 1 aromatic heterocycles. The van der Waals surface area contributed by atoms with Crippen LogP contribution in [0.4, 0.5) is 13.2 Å². The number of hydrogen-bond donors (Lipinski definition) is 1. The van der Waals surface area contributed by atoms with Crippen molar-refractivity contribution in [3.63, 3.8) is 0 Å². The number of rotatable bonds is 5. The van der Waals surface area contributed by atoms with Gasteiger partial charge in [0, 0.05) is 41.2 Å². The topological polar surface area (TPSA) is 75.4 Å². The van der Waals surface area contributed by atoms with E-state index in [-0.39, 0.29) is 35.4 Å². The number of aryl methyl sites for hydroxylation is 2. The molecule has 1 N–H and O–H groups in total. The molecule has 4 rings (SSSR count). The minimum Gasteiger partial charge on any atom is -0.481 e. The predicted octanol–water partition coefficient (Wildman–Crippen LogP) is 6.35. The Morgan fingerprint density at radius 3 is 2.42 bits per heavy atom. The number of benzene rings is 2. The van der Waals surface area contributed by atoms with Crippen LogP contribution in [0.1, 0.15) is 52.0 Å². The number of fused-ring (bicyclic) bond motifs is 1. The van der Waals surface area contributed by atoms with E-state index in [1.165, 1.54) is 4.68 Å². The first kappa shape index (κ1) is 26.3. The van der Waals surface area contributed by atoms with Gasteiger partial charge in [0.15, 0.2) is 0 Å². The van der Waals surface area contributed by atoms with Crippen LogP contribution in [-0.2, 0) is 17.5 Å². The van der Waals surface area contributed by atoms with Gasteiger partial charge in [-0.2, -0.15) is 18.3 Å². The summed E-state index contributed by atoms with van der Waals surface area (Å²) in [5, 5.41) is 14.3. The number of aliphatic carboxylic acids is 1. The summed E-state index contributed by atoms with van der Waals surface area (Å²) in [6.45, 7) is 4.17. The number of alkyl halides is 3. The highest BCUT2D eigenvalue weighted by Crippen LogP contribution is 2.35. The van der Waals surface area contributed by atoms with Crippen molar-refractivity contribution in [2.75, 3.05) is 13.1 Å². The largest absolute Gasteiger partial charge is 0.481 e. The Morgan fingerprint density at radius 1 is 1.14 bits per heavy atom. The summed E-state index contributed by atoms with van der Waals surface area (Å²) in [5.41, 5.74) is 1.32. The predicted molar refractivity (Wildman–Crippen MR) is 131 cm³/mol. The van der Waals surface area contributed by atoms with Crippen molar-refractivity contribution in [1.29, 1.82) is 0 Å². The molecule has 2 aromatic carbocycles. The zero-order chi connectivity index (χ0) is 26.4. The molecule has 6 nitrogen and oxygen atoms in total. The highest BCUT2D eigenvalue weighted by molar-refractivity contribution is 6.38. The highest BCUT2D eigenvalue weighted by atomic mass is 35.5. The second-order valence-electron chi connectivity index (χ2n) is 9.15. The molecule has 0 radical (unpaired) electrons. The zero-order valence-corrected chi connectivity index (χ0v) is 21.1. The van der Waals surface area contributed by atoms with Gasteiger partial charge in [0.2, 0.25) is 0 Å². The van der Waals surface area contributed by atoms with Crippen LogP contribution in [0.15, 0.2) is 24.3 Å². The van der Waals surface area contributed by atoms with Crippen LogP contribution < -0.4 is 0 Å². The summed E-state index contributed by atoms with van der Waals surface area (Å²) < 4.78 is 41.5. The standard InChI is InChI=1S/C25H24Cl2F3N3O3/c1-13-9-16(25(28,29)30)11-18-14(2)33(31-23(13)18)12-19-20(26)4-3-17(22(19)27)24(36)32-7-5-15(6-8-32)10-21(34)35/h3-4,9,11,15H,5-8,10,12H2,1-2H3,(H,34,35). The first-order valence-corrected chi connectivity index (χ1v) is 12.1. The first-order valence-electron chi connectivity index (χ1n) is 11.4. The summed E-state index contributed by atoms with van der Waals surface area (Å²) in [6, 6.07) is 5.26. The molecule has 0 atom stereocenters. The molecule has 2 heterocycles. The van der Waals surface area contributed by atoms with Crippen LogP contribution in [0.25, 0.3) is 10.9 Å². The van der Waals surface area contributed by atoms with Crippen LogP contribution >= 0.6 is 23.2 Å². The fourth-order valence-corrected chi connectivity index (χ4v) is 5.23. The summed E-state index contributed by atoms with van der Waals surface area (Å²) in [4.78, 5) is 25.8. The second-order valence-corrected chi connectivity index (χ2v) is 9.94. The molecule has 0 aliphatic carbocycles. The molecule has 1 amide bonds. The molecular weight excluding hydrogens is 518 g/mol. The van der Waals surface area contributed by atoms with Crippen LogP contribution in [0, 0.1) is 19.8 Å². The SMILES string of the molecule is Cc1cc(C(F)(F)F)cc2c(C)n(Cc3c(Cl)ccc(C(=O)N4CCC(CC(=O)O)CC4)c3Cl)nc12. The molecule has 192 valence electrons. The van der Waals surface area contributed by atoms with E-state index in [4.69, 9.17) is 28.3 Å². The van der Waals surface area contributed by atoms with Crippen molar-refractivity contribution in [2.45, 2.75) is 45.8 Å². The van der Waals surface area contributed by atoms with Gasteiger partial charge < -0.3 is 10.0 Å². The van der Waals surface area contributed by atoms with Gasteiger partial charge in [0.25, 0.3) is 5.91 Å². The van der Waals surface area contributed by atoms with Crippen LogP contribution in [0.3, 0.4) is 0 Å². The number of carboxylic acids is 1. The summed E-state index contributed by atoms with van der Waals surface area (Å²) in [6.07, 6.45) is -3.21. The van der Waals surface area contributed by atoms with E-state index in [0.717, 1.165) is 12.1 Å².